The van der Waals surface area contributed by atoms with Crippen LogP contribution in [0.1, 0.15) is 12.0 Å². The zero-order chi connectivity index (χ0) is 11.0. The minimum absolute atomic E-state index is 0.327. The highest BCUT2D eigenvalue weighted by Crippen LogP contribution is 2.18. The van der Waals surface area contributed by atoms with Gasteiger partial charge in [-0.15, -0.1) is 0 Å². The molecule has 4 nitrogen and oxygen atoms in total. The van der Waals surface area contributed by atoms with Crippen LogP contribution in [0.15, 0.2) is 24.5 Å². The Labute approximate surface area is 93.1 Å². The molecule has 3 rings (SSSR count). The van der Waals surface area contributed by atoms with Gasteiger partial charge in [-0.1, -0.05) is 0 Å². The fourth-order valence-corrected chi connectivity index (χ4v) is 1.93. The Kier molecular flexibility index (Phi) is 2.12. The van der Waals surface area contributed by atoms with E-state index in [1.54, 1.807) is 0 Å². The Balaban J connectivity index is 1.97. The van der Waals surface area contributed by atoms with Gasteiger partial charge in [0.1, 0.15) is 0 Å². The van der Waals surface area contributed by atoms with Crippen molar-refractivity contribution in [1.29, 1.82) is 5.26 Å². The highest BCUT2D eigenvalue weighted by atomic mass is 16.5. The molecule has 0 radical (unpaired) electrons. The molecule has 1 aromatic heterocycles. The molecule has 80 valence electrons. The Hall–Kier alpha value is -1.86. The van der Waals surface area contributed by atoms with Gasteiger partial charge in [0, 0.05) is 6.61 Å². The second kappa shape index (κ2) is 3.62. The molecule has 1 aromatic carbocycles. The van der Waals surface area contributed by atoms with Gasteiger partial charge in [-0.2, -0.15) is 5.26 Å². The van der Waals surface area contributed by atoms with Gasteiger partial charge in [0.15, 0.2) is 0 Å². The molecule has 1 fully saturated rings. The van der Waals surface area contributed by atoms with Gasteiger partial charge < -0.3 is 9.30 Å². The van der Waals surface area contributed by atoms with Crippen LogP contribution in [0.2, 0.25) is 0 Å². The van der Waals surface area contributed by atoms with Crippen LogP contribution in [0.25, 0.3) is 11.0 Å². The second-order valence-electron chi connectivity index (χ2n) is 3.99. The lowest BCUT2D eigenvalue weighted by molar-refractivity contribution is -0.0586. The van der Waals surface area contributed by atoms with E-state index in [4.69, 9.17) is 10.00 Å². The Bertz CT molecular complexity index is 563. The molecular weight excluding hydrogens is 202 g/mol. The lowest BCUT2D eigenvalue weighted by Crippen LogP contribution is -2.30. The molecule has 1 aliphatic rings. The van der Waals surface area contributed by atoms with Gasteiger partial charge in [0.25, 0.3) is 0 Å². The van der Waals surface area contributed by atoms with Crippen LogP contribution in [-0.2, 0) is 11.3 Å². The van der Waals surface area contributed by atoms with Crippen LogP contribution in [0.5, 0.6) is 0 Å². The zero-order valence-corrected chi connectivity index (χ0v) is 8.76. The number of imidazole rings is 1. The lowest BCUT2D eigenvalue weighted by atomic mass is 10.2. The summed E-state index contributed by atoms with van der Waals surface area (Å²) in [6.07, 6.45) is 3.26. The number of fused-ring (bicyclic) bond motifs is 1. The van der Waals surface area contributed by atoms with Crippen LogP contribution >= 0.6 is 0 Å². The number of hydrogen-bond acceptors (Lipinski definition) is 3. The predicted molar refractivity (Wildman–Crippen MR) is 58.8 cm³/mol. The summed E-state index contributed by atoms with van der Waals surface area (Å²) in [5.41, 5.74) is 2.59. The van der Waals surface area contributed by atoms with E-state index in [2.05, 4.69) is 15.6 Å². The molecule has 4 heteroatoms. The molecule has 2 heterocycles. The van der Waals surface area contributed by atoms with E-state index < -0.39 is 0 Å². The van der Waals surface area contributed by atoms with Crippen molar-refractivity contribution in [2.24, 2.45) is 0 Å². The molecular formula is C12H11N3O. The van der Waals surface area contributed by atoms with Crippen molar-refractivity contribution in [2.45, 2.75) is 19.1 Å². The van der Waals surface area contributed by atoms with Crippen molar-refractivity contribution in [3.05, 3.63) is 30.1 Å². The number of rotatable bonds is 2. The highest BCUT2D eigenvalue weighted by Gasteiger charge is 2.19. The summed E-state index contributed by atoms with van der Waals surface area (Å²) in [7, 11) is 0. The molecule has 0 spiro atoms. The van der Waals surface area contributed by atoms with Crippen molar-refractivity contribution in [1.82, 2.24) is 9.55 Å². The smallest absolute Gasteiger partial charge is 0.0992 e. The fraction of sp³-hybridized carbons (Fsp3) is 0.333. The van der Waals surface area contributed by atoms with E-state index in [1.807, 2.05) is 24.5 Å². The number of nitrogens with zero attached hydrogens (tertiary/aromatic N) is 3. The maximum absolute atomic E-state index is 8.79. The molecule has 0 amide bonds. The lowest BCUT2D eigenvalue weighted by Gasteiger charge is -2.26. The zero-order valence-electron chi connectivity index (χ0n) is 8.76. The van der Waals surface area contributed by atoms with Gasteiger partial charge in [-0.05, 0) is 24.6 Å². The van der Waals surface area contributed by atoms with E-state index in [0.29, 0.717) is 11.7 Å². The minimum atomic E-state index is 0.327. The maximum atomic E-state index is 8.79. The van der Waals surface area contributed by atoms with E-state index in [9.17, 15) is 0 Å². The number of aromatic nitrogens is 2. The van der Waals surface area contributed by atoms with E-state index in [1.165, 1.54) is 0 Å². The number of hydrogen-bond donors (Lipinski definition) is 0. The quantitative estimate of drug-likeness (QED) is 0.762. The summed E-state index contributed by atoms with van der Waals surface area (Å²) in [4.78, 5) is 4.30. The molecule has 1 atom stereocenters. The Morgan fingerprint density at radius 1 is 1.56 bits per heavy atom. The molecule has 16 heavy (non-hydrogen) atoms. The first kappa shape index (κ1) is 9.37. The summed E-state index contributed by atoms with van der Waals surface area (Å²) in [5, 5.41) is 8.79. The second-order valence-corrected chi connectivity index (χ2v) is 3.99. The van der Waals surface area contributed by atoms with Gasteiger partial charge in [-0.3, -0.25) is 0 Å². The molecule has 1 saturated heterocycles. The summed E-state index contributed by atoms with van der Waals surface area (Å²) < 4.78 is 7.48. The fourth-order valence-electron chi connectivity index (χ4n) is 1.93. The summed E-state index contributed by atoms with van der Waals surface area (Å²) in [5.74, 6) is 0. The molecule has 2 aromatic rings. The number of benzene rings is 1. The van der Waals surface area contributed by atoms with Gasteiger partial charge in [0.2, 0.25) is 0 Å². The van der Waals surface area contributed by atoms with Crippen molar-refractivity contribution in [3.8, 4) is 6.07 Å². The molecule has 1 unspecified atom stereocenters. The minimum Gasteiger partial charge on any atom is -0.376 e. The first-order valence-corrected chi connectivity index (χ1v) is 5.33. The molecule has 0 aliphatic carbocycles. The van der Waals surface area contributed by atoms with Crippen molar-refractivity contribution in [2.75, 3.05) is 6.61 Å². The Morgan fingerprint density at radius 3 is 3.12 bits per heavy atom. The predicted octanol–water partition coefficient (Wildman–Crippen LogP) is 1.70. The van der Waals surface area contributed by atoms with Crippen LogP contribution in [0.3, 0.4) is 0 Å². The SMILES string of the molecule is N#Cc1ccc2c(c1)ncn2CC1CCO1. The first-order chi connectivity index (χ1) is 7.86. The third-order valence-corrected chi connectivity index (χ3v) is 2.94. The molecule has 0 N–H and O–H groups in total. The third-order valence-electron chi connectivity index (χ3n) is 2.94. The van der Waals surface area contributed by atoms with Crippen LogP contribution < -0.4 is 0 Å². The Morgan fingerprint density at radius 2 is 2.44 bits per heavy atom. The standard InChI is InChI=1S/C12H11N3O/c13-6-9-1-2-12-11(5-9)14-8-15(12)7-10-3-4-16-10/h1-2,5,8,10H,3-4,7H2. The number of nitriles is 1. The average molecular weight is 213 g/mol. The van der Waals surface area contributed by atoms with Crippen molar-refractivity contribution >= 4 is 11.0 Å². The largest absolute Gasteiger partial charge is 0.376 e. The summed E-state index contributed by atoms with van der Waals surface area (Å²) in [6.45, 7) is 1.72. The topological polar surface area (TPSA) is 50.8 Å². The molecule has 0 bridgehead atoms. The van der Waals surface area contributed by atoms with Gasteiger partial charge >= 0.3 is 0 Å². The van der Waals surface area contributed by atoms with Crippen molar-refractivity contribution in [3.63, 3.8) is 0 Å². The highest BCUT2D eigenvalue weighted by molar-refractivity contribution is 5.76. The van der Waals surface area contributed by atoms with Gasteiger partial charge in [0.05, 0.1) is 41.6 Å². The molecule has 1 aliphatic heterocycles. The van der Waals surface area contributed by atoms with Gasteiger partial charge in [-0.25, -0.2) is 4.98 Å². The summed E-state index contributed by atoms with van der Waals surface area (Å²) >= 11 is 0. The van der Waals surface area contributed by atoms with Crippen LogP contribution in [-0.4, -0.2) is 22.3 Å². The maximum Gasteiger partial charge on any atom is 0.0992 e. The van der Waals surface area contributed by atoms with Crippen LogP contribution in [0, 0.1) is 11.3 Å². The summed E-state index contributed by atoms with van der Waals surface area (Å²) in [6, 6.07) is 7.70. The molecule has 0 saturated carbocycles. The van der Waals surface area contributed by atoms with E-state index in [-0.39, 0.29) is 0 Å². The average Bonchev–Trinajstić information content (AvgIpc) is 2.65. The van der Waals surface area contributed by atoms with Crippen LogP contribution in [0.4, 0.5) is 0 Å². The number of ether oxygens (including phenoxy) is 1. The van der Waals surface area contributed by atoms with E-state index >= 15 is 0 Å². The monoisotopic (exact) mass is 213 g/mol. The third kappa shape index (κ3) is 1.46. The van der Waals surface area contributed by atoms with Crippen molar-refractivity contribution < 1.29 is 4.74 Å². The normalized spacial score (nSPS) is 19.3. The first-order valence-electron chi connectivity index (χ1n) is 5.33. The van der Waals surface area contributed by atoms with E-state index in [0.717, 1.165) is 30.6 Å².